The summed E-state index contributed by atoms with van der Waals surface area (Å²) in [6, 6.07) is 7.92. The molecule has 0 amide bonds. The highest BCUT2D eigenvalue weighted by Crippen LogP contribution is 2.16. The van der Waals surface area contributed by atoms with E-state index in [0.29, 0.717) is 11.6 Å². The second kappa shape index (κ2) is 4.10. The molecule has 4 nitrogen and oxygen atoms in total. The number of nitrogens with zero attached hydrogens (tertiary/aromatic N) is 3. The first-order chi connectivity index (χ1) is 7.69. The van der Waals surface area contributed by atoms with Gasteiger partial charge in [0.05, 0.1) is 0 Å². The van der Waals surface area contributed by atoms with E-state index in [1.165, 1.54) is 5.56 Å². The van der Waals surface area contributed by atoms with Crippen LogP contribution in [0.5, 0.6) is 0 Å². The van der Waals surface area contributed by atoms with Crippen LogP contribution >= 0.6 is 0 Å². The number of nitrogens with two attached hydrogens (primary N) is 1. The molecule has 0 fully saturated rings. The minimum atomic E-state index is 0.209. The molecule has 1 heterocycles. The largest absolute Gasteiger partial charge is 0.368 e. The number of aromatic nitrogens is 3. The van der Waals surface area contributed by atoms with Crippen LogP contribution in [-0.4, -0.2) is 15.0 Å². The molecule has 80 valence electrons. The molecular weight excluding hydrogens is 200 g/mol. The summed E-state index contributed by atoms with van der Waals surface area (Å²) in [5, 5.41) is 0. The van der Waals surface area contributed by atoms with Gasteiger partial charge in [0, 0.05) is 5.56 Å². The van der Waals surface area contributed by atoms with Gasteiger partial charge in [-0.15, -0.1) is 0 Å². The third kappa shape index (κ3) is 2.06. The lowest BCUT2D eigenvalue weighted by molar-refractivity contribution is 1.05. The Morgan fingerprint density at radius 1 is 1.12 bits per heavy atom. The maximum absolute atomic E-state index is 5.59. The highest BCUT2D eigenvalue weighted by atomic mass is 15.1. The molecule has 4 heteroatoms. The molecule has 0 saturated carbocycles. The predicted molar refractivity (Wildman–Crippen MR) is 64.5 cm³/mol. The fourth-order valence-corrected chi connectivity index (χ4v) is 1.33. The summed E-state index contributed by atoms with van der Waals surface area (Å²) in [7, 11) is 0. The van der Waals surface area contributed by atoms with Crippen molar-refractivity contribution in [3.8, 4) is 11.4 Å². The summed E-state index contributed by atoms with van der Waals surface area (Å²) in [6.45, 7) is 5.64. The van der Waals surface area contributed by atoms with Crippen molar-refractivity contribution in [2.75, 3.05) is 5.73 Å². The molecule has 0 aliphatic heterocycles. The number of nitrogen functional groups attached to an aromatic ring is 1. The van der Waals surface area contributed by atoms with Crippen LogP contribution in [0.15, 0.2) is 30.8 Å². The second-order valence-corrected chi connectivity index (χ2v) is 3.45. The van der Waals surface area contributed by atoms with Gasteiger partial charge in [-0.3, -0.25) is 0 Å². The number of benzene rings is 1. The van der Waals surface area contributed by atoms with Crippen LogP contribution in [0.25, 0.3) is 17.5 Å². The van der Waals surface area contributed by atoms with Gasteiger partial charge in [-0.05, 0) is 13.0 Å². The van der Waals surface area contributed by atoms with Crippen LogP contribution in [0.1, 0.15) is 11.4 Å². The standard InChI is InChI=1S/C12H12N4/c1-3-10-14-11(16-12(13)15-10)9-6-4-8(2)5-7-9/h3-7H,1H2,2H3,(H2,13,14,15,16). The van der Waals surface area contributed by atoms with E-state index in [4.69, 9.17) is 5.73 Å². The fourth-order valence-electron chi connectivity index (χ4n) is 1.33. The van der Waals surface area contributed by atoms with Gasteiger partial charge in [-0.25, -0.2) is 4.98 Å². The molecule has 2 N–H and O–H groups in total. The summed E-state index contributed by atoms with van der Waals surface area (Å²) in [5.74, 6) is 1.27. The van der Waals surface area contributed by atoms with Gasteiger partial charge in [-0.1, -0.05) is 36.4 Å². The average molecular weight is 212 g/mol. The fraction of sp³-hybridized carbons (Fsp3) is 0.0833. The van der Waals surface area contributed by atoms with Crippen molar-refractivity contribution >= 4 is 12.0 Å². The molecule has 0 radical (unpaired) electrons. The van der Waals surface area contributed by atoms with Gasteiger partial charge in [0.25, 0.3) is 0 Å². The monoisotopic (exact) mass is 212 g/mol. The lowest BCUT2D eigenvalue weighted by Gasteiger charge is -2.02. The Kier molecular flexibility index (Phi) is 2.64. The lowest BCUT2D eigenvalue weighted by atomic mass is 10.1. The lowest BCUT2D eigenvalue weighted by Crippen LogP contribution is -2.01. The smallest absolute Gasteiger partial charge is 0.224 e. The number of hydrogen-bond acceptors (Lipinski definition) is 4. The molecule has 0 saturated heterocycles. The van der Waals surface area contributed by atoms with Gasteiger partial charge in [-0.2, -0.15) is 9.97 Å². The van der Waals surface area contributed by atoms with Crippen molar-refractivity contribution in [1.82, 2.24) is 15.0 Å². The minimum absolute atomic E-state index is 0.209. The molecule has 0 spiro atoms. The van der Waals surface area contributed by atoms with Crippen LogP contribution in [0.2, 0.25) is 0 Å². The molecule has 1 aromatic carbocycles. The van der Waals surface area contributed by atoms with Crippen LogP contribution in [-0.2, 0) is 0 Å². The van der Waals surface area contributed by atoms with Crippen molar-refractivity contribution in [3.63, 3.8) is 0 Å². The first-order valence-electron chi connectivity index (χ1n) is 4.90. The summed E-state index contributed by atoms with van der Waals surface area (Å²) in [6.07, 6.45) is 1.55. The molecule has 0 bridgehead atoms. The normalized spacial score (nSPS) is 10.1. The van der Waals surface area contributed by atoms with Crippen molar-refractivity contribution in [2.45, 2.75) is 6.92 Å². The summed E-state index contributed by atoms with van der Waals surface area (Å²) < 4.78 is 0. The van der Waals surface area contributed by atoms with Gasteiger partial charge in [0.1, 0.15) is 0 Å². The summed E-state index contributed by atoms with van der Waals surface area (Å²) in [4.78, 5) is 12.3. The molecule has 0 aliphatic rings. The van der Waals surface area contributed by atoms with Gasteiger partial charge in [0.15, 0.2) is 11.6 Å². The van der Waals surface area contributed by atoms with Gasteiger partial charge < -0.3 is 5.73 Å². The molecule has 0 unspecified atom stereocenters. The highest BCUT2D eigenvalue weighted by Gasteiger charge is 2.04. The van der Waals surface area contributed by atoms with E-state index in [-0.39, 0.29) is 5.95 Å². The zero-order valence-electron chi connectivity index (χ0n) is 9.01. The third-order valence-corrected chi connectivity index (χ3v) is 2.16. The van der Waals surface area contributed by atoms with Crippen molar-refractivity contribution < 1.29 is 0 Å². The van der Waals surface area contributed by atoms with E-state index >= 15 is 0 Å². The Bertz CT molecular complexity index is 517. The highest BCUT2D eigenvalue weighted by molar-refractivity contribution is 5.57. The predicted octanol–water partition coefficient (Wildman–Crippen LogP) is 2.07. The number of anilines is 1. The average Bonchev–Trinajstić information content (AvgIpc) is 2.29. The summed E-state index contributed by atoms with van der Waals surface area (Å²) in [5.41, 5.74) is 7.70. The first-order valence-corrected chi connectivity index (χ1v) is 4.90. The quantitative estimate of drug-likeness (QED) is 0.827. The van der Waals surface area contributed by atoms with E-state index in [2.05, 4.69) is 21.5 Å². The van der Waals surface area contributed by atoms with E-state index in [9.17, 15) is 0 Å². The van der Waals surface area contributed by atoms with Crippen LogP contribution in [0.4, 0.5) is 5.95 Å². The van der Waals surface area contributed by atoms with E-state index in [1.54, 1.807) is 6.08 Å². The molecule has 0 aliphatic carbocycles. The van der Waals surface area contributed by atoms with E-state index < -0.39 is 0 Å². The van der Waals surface area contributed by atoms with Gasteiger partial charge in [0.2, 0.25) is 5.95 Å². The molecular formula is C12H12N4. The Morgan fingerprint density at radius 2 is 1.81 bits per heavy atom. The number of aryl methyl sites for hydroxylation is 1. The van der Waals surface area contributed by atoms with Crippen LogP contribution in [0, 0.1) is 6.92 Å². The van der Waals surface area contributed by atoms with E-state index in [1.807, 2.05) is 31.2 Å². The third-order valence-electron chi connectivity index (χ3n) is 2.16. The maximum Gasteiger partial charge on any atom is 0.224 e. The van der Waals surface area contributed by atoms with Gasteiger partial charge >= 0.3 is 0 Å². The number of rotatable bonds is 2. The van der Waals surface area contributed by atoms with Crippen LogP contribution < -0.4 is 5.73 Å². The van der Waals surface area contributed by atoms with Crippen molar-refractivity contribution in [1.29, 1.82) is 0 Å². The Hall–Kier alpha value is -2.23. The van der Waals surface area contributed by atoms with Crippen molar-refractivity contribution in [3.05, 3.63) is 42.2 Å². The minimum Gasteiger partial charge on any atom is -0.368 e. The van der Waals surface area contributed by atoms with Crippen LogP contribution in [0.3, 0.4) is 0 Å². The molecule has 2 rings (SSSR count). The molecule has 0 atom stereocenters. The Morgan fingerprint density at radius 3 is 2.44 bits per heavy atom. The summed E-state index contributed by atoms with van der Waals surface area (Å²) >= 11 is 0. The Balaban J connectivity index is 2.51. The second-order valence-electron chi connectivity index (χ2n) is 3.45. The molecule has 2 aromatic rings. The van der Waals surface area contributed by atoms with Crippen molar-refractivity contribution in [2.24, 2.45) is 0 Å². The topological polar surface area (TPSA) is 64.7 Å². The SMILES string of the molecule is C=Cc1nc(N)nc(-c2ccc(C)cc2)n1. The zero-order chi connectivity index (χ0) is 11.5. The molecule has 1 aromatic heterocycles. The molecule has 16 heavy (non-hydrogen) atoms. The zero-order valence-corrected chi connectivity index (χ0v) is 9.01. The van der Waals surface area contributed by atoms with E-state index in [0.717, 1.165) is 5.56 Å². The Labute approximate surface area is 93.9 Å². The number of hydrogen-bond donors (Lipinski definition) is 1. The maximum atomic E-state index is 5.59. The first kappa shape index (κ1) is 10.3.